The first kappa shape index (κ1) is 16.9. The number of aromatic nitrogens is 1. The average Bonchev–Trinajstić information content (AvgIpc) is 3.23. The van der Waals surface area contributed by atoms with Crippen LogP contribution in [-0.4, -0.2) is 23.3 Å². The predicted molar refractivity (Wildman–Crippen MR) is 93.5 cm³/mol. The molecule has 1 atom stereocenters. The Kier molecular flexibility index (Phi) is 5.17. The van der Waals surface area contributed by atoms with E-state index in [1.54, 1.807) is 6.20 Å². The Hall–Kier alpha value is -1.91. The number of amides is 2. The lowest BCUT2D eigenvalue weighted by molar-refractivity contribution is -0.124. The van der Waals surface area contributed by atoms with Crippen molar-refractivity contribution in [1.29, 1.82) is 0 Å². The molecule has 2 amide bonds. The number of hydrogen-bond donors (Lipinski definition) is 2. The van der Waals surface area contributed by atoms with Crippen LogP contribution in [0.3, 0.4) is 0 Å². The topological polar surface area (TPSA) is 71.1 Å². The molecule has 2 saturated carbocycles. The van der Waals surface area contributed by atoms with Crippen LogP contribution >= 0.6 is 0 Å². The molecule has 1 aromatic heterocycles. The fraction of sp³-hybridized carbons (Fsp3) is 0.632. The molecule has 2 aliphatic rings. The van der Waals surface area contributed by atoms with Crippen molar-refractivity contribution >= 4 is 17.6 Å². The number of nitrogens with zero attached hydrogens (tertiary/aromatic N) is 1. The Morgan fingerprint density at radius 3 is 2.71 bits per heavy atom. The van der Waals surface area contributed by atoms with E-state index < -0.39 is 0 Å². The second-order valence-corrected chi connectivity index (χ2v) is 7.39. The fourth-order valence-electron chi connectivity index (χ4n) is 3.95. The van der Waals surface area contributed by atoms with Crippen LogP contribution in [0.25, 0.3) is 0 Å². The average molecular weight is 329 g/mol. The molecule has 1 heterocycles. The molecule has 2 fully saturated rings. The molecule has 5 nitrogen and oxygen atoms in total. The van der Waals surface area contributed by atoms with E-state index in [1.165, 1.54) is 38.5 Å². The lowest BCUT2D eigenvalue weighted by atomic mass is 9.84. The summed E-state index contributed by atoms with van der Waals surface area (Å²) in [5, 5.41) is 5.74. The molecule has 1 aromatic rings. The summed E-state index contributed by atoms with van der Waals surface area (Å²) < 4.78 is 0. The molecule has 24 heavy (non-hydrogen) atoms. The monoisotopic (exact) mass is 329 g/mol. The van der Waals surface area contributed by atoms with Crippen molar-refractivity contribution in [2.24, 2.45) is 11.3 Å². The van der Waals surface area contributed by atoms with Crippen LogP contribution in [0, 0.1) is 18.3 Å². The minimum atomic E-state index is -0.168. The quantitative estimate of drug-likeness (QED) is 0.842. The van der Waals surface area contributed by atoms with Gasteiger partial charge in [0, 0.05) is 25.6 Å². The normalized spacial score (nSPS) is 21.3. The van der Waals surface area contributed by atoms with Crippen LogP contribution in [0.2, 0.25) is 0 Å². The molecule has 0 saturated heterocycles. The van der Waals surface area contributed by atoms with Gasteiger partial charge in [-0.15, -0.1) is 0 Å². The van der Waals surface area contributed by atoms with Gasteiger partial charge >= 0.3 is 0 Å². The molecule has 0 bridgehead atoms. The van der Waals surface area contributed by atoms with E-state index in [4.69, 9.17) is 0 Å². The lowest BCUT2D eigenvalue weighted by Crippen LogP contribution is -2.28. The van der Waals surface area contributed by atoms with Gasteiger partial charge in [-0.25, -0.2) is 4.98 Å². The number of pyridine rings is 1. The van der Waals surface area contributed by atoms with Crippen LogP contribution in [0.15, 0.2) is 18.3 Å². The molecule has 0 unspecified atom stereocenters. The van der Waals surface area contributed by atoms with Crippen LogP contribution in [-0.2, 0) is 9.59 Å². The second-order valence-electron chi connectivity index (χ2n) is 7.39. The molecule has 0 radical (unpaired) electrons. The third-order valence-corrected chi connectivity index (χ3v) is 5.52. The van der Waals surface area contributed by atoms with Crippen LogP contribution in [0.5, 0.6) is 0 Å². The Morgan fingerprint density at radius 2 is 1.96 bits per heavy atom. The third-order valence-electron chi connectivity index (χ3n) is 5.52. The maximum Gasteiger partial charge on any atom is 0.226 e. The first-order valence-electron chi connectivity index (χ1n) is 9.07. The summed E-state index contributed by atoms with van der Waals surface area (Å²) in [7, 11) is 0. The van der Waals surface area contributed by atoms with Gasteiger partial charge in [0.1, 0.15) is 5.82 Å². The lowest BCUT2D eigenvalue weighted by Gasteiger charge is -2.22. The number of nitrogens with one attached hydrogen (secondary N) is 2. The number of anilines is 1. The zero-order chi connectivity index (χ0) is 17.0. The Balaban J connectivity index is 1.33. The van der Waals surface area contributed by atoms with Crippen molar-refractivity contribution in [3.63, 3.8) is 0 Å². The molecule has 3 rings (SSSR count). The summed E-state index contributed by atoms with van der Waals surface area (Å²) in [6.45, 7) is 2.72. The zero-order valence-electron chi connectivity index (χ0n) is 14.4. The van der Waals surface area contributed by atoms with Gasteiger partial charge in [-0.05, 0) is 55.2 Å². The van der Waals surface area contributed by atoms with Crippen molar-refractivity contribution in [3.05, 3.63) is 23.9 Å². The van der Waals surface area contributed by atoms with Crippen molar-refractivity contribution < 1.29 is 9.59 Å². The number of carbonyl (C=O) groups excluding carboxylic acids is 2. The number of aryl methyl sites for hydroxylation is 1. The van der Waals surface area contributed by atoms with Gasteiger partial charge in [0.25, 0.3) is 0 Å². The summed E-state index contributed by atoms with van der Waals surface area (Å²) in [6, 6.07) is 3.69. The highest BCUT2D eigenvalue weighted by atomic mass is 16.2. The van der Waals surface area contributed by atoms with E-state index >= 15 is 0 Å². The van der Waals surface area contributed by atoms with Crippen molar-refractivity contribution in [1.82, 2.24) is 10.3 Å². The van der Waals surface area contributed by atoms with Crippen molar-refractivity contribution in [3.8, 4) is 0 Å². The van der Waals surface area contributed by atoms with Crippen LogP contribution in [0.1, 0.15) is 56.9 Å². The fourth-order valence-corrected chi connectivity index (χ4v) is 3.95. The number of hydrogen-bond acceptors (Lipinski definition) is 3. The molecule has 2 N–H and O–H groups in total. The molecule has 1 spiro atoms. The zero-order valence-corrected chi connectivity index (χ0v) is 14.4. The number of carbonyl (C=O) groups is 2. The maximum absolute atomic E-state index is 12.0. The smallest absolute Gasteiger partial charge is 0.226 e. The largest absolute Gasteiger partial charge is 0.356 e. The maximum atomic E-state index is 12.0. The molecule has 2 aliphatic carbocycles. The van der Waals surface area contributed by atoms with E-state index in [-0.39, 0.29) is 24.7 Å². The highest BCUT2D eigenvalue weighted by Crippen LogP contribution is 2.60. The molecule has 0 aliphatic heterocycles. The van der Waals surface area contributed by atoms with Crippen LogP contribution in [0.4, 0.5) is 5.82 Å². The van der Waals surface area contributed by atoms with Gasteiger partial charge in [-0.1, -0.05) is 19.3 Å². The van der Waals surface area contributed by atoms with E-state index in [2.05, 4.69) is 15.6 Å². The summed E-state index contributed by atoms with van der Waals surface area (Å²) in [4.78, 5) is 27.9. The highest BCUT2D eigenvalue weighted by Gasteiger charge is 2.53. The summed E-state index contributed by atoms with van der Waals surface area (Å²) in [5.41, 5.74) is 1.58. The summed E-state index contributed by atoms with van der Waals surface area (Å²) in [6.07, 6.45) is 10.1. The van der Waals surface area contributed by atoms with Crippen LogP contribution < -0.4 is 10.6 Å². The minimum Gasteiger partial charge on any atom is -0.356 e. The van der Waals surface area contributed by atoms with Gasteiger partial charge in [0.15, 0.2) is 0 Å². The van der Waals surface area contributed by atoms with Gasteiger partial charge in [-0.3, -0.25) is 9.59 Å². The minimum absolute atomic E-state index is 0.0276. The van der Waals surface area contributed by atoms with Crippen molar-refractivity contribution in [2.45, 2.75) is 58.3 Å². The van der Waals surface area contributed by atoms with Gasteiger partial charge in [0.05, 0.1) is 0 Å². The summed E-state index contributed by atoms with van der Waals surface area (Å²) >= 11 is 0. The van der Waals surface area contributed by atoms with Crippen molar-refractivity contribution in [2.75, 3.05) is 11.9 Å². The molecule has 130 valence electrons. The molecule has 0 aromatic carbocycles. The number of rotatable bonds is 6. The van der Waals surface area contributed by atoms with E-state index in [9.17, 15) is 9.59 Å². The first-order chi connectivity index (χ1) is 11.6. The predicted octanol–water partition coefficient (Wildman–Crippen LogP) is 3.20. The highest BCUT2D eigenvalue weighted by molar-refractivity contribution is 5.92. The van der Waals surface area contributed by atoms with E-state index in [0.29, 0.717) is 17.2 Å². The van der Waals surface area contributed by atoms with Gasteiger partial charge < -0.3 is 10.6 Å². The molecule has 5 heteroatoms. The molecular weight excluding hydrogens is 302 g/mol. The Morgan fingerprint density at radius 1 is 1.21 bits per heavy atom. The van der Waals surface area contributed by atoms with Gasteiger partial charge in [-0.2, -0.15) is 0 Å². The van der Waals surface area contributed by atoms with E-state index in [1.807, 2.05) is 19.1 Å². The first-order valence-corrected chi connectivity index (χ1v) is 9.07. The SMILES string of the molecule is Cc1ccnc(NC(=O)CCC(=O)NC[C@H]2CC23CCCCC3)c1. The standard InChI is InChI=1S/C19H27N3O2/c1-14-7-10-20-16(11-14)22-18(24)6-5-17(23)21-13-15-12-19(15)8-3-2-4-9-19/h7,10-11,15H,2-6,8-9,12-13H2,1H3,(H,21,23)(H,20,22,24)/t15-/m1/s1. The Bertz CT molecular complexity index is 608. The summed E-state index contributed by atoms with van der Waals surface area (Å²) in [5.74, 6) is 1.00. The third kappa shape index (κ3) is 4.34. The van der Waals surface area contributed by atoms with Gasteiger partial charge in [0.2, 0.25) is 11.8 Å². The Labute approximate surface area is 143 Å². The van der Waals surface area contributed by atoms with E-state index in [0.717, 1.165) is 12.1 Å². The molecular formula is C19H27N3O2. The second kappa shape index (κ2) is 7.32.